The molecule has 0 spiro atoms. The lowest BCUT2D eigenvalue weighted by atomic mass is 9.89. The molecule has 1 N–H and O–H groups in total. The molecule has 1 fully saturated rings. The normalized spacial score (nSPS) is 20.7. The summed E-state index contributed by atoms with van der Waals surface area (Å²) in [6, 6.07) is 14.6. The van der Waals surface area contributed by atoms with E-state index < -0.39 is 0 Å². The summed E-state index contributed by atoms with van der Waals surface area (Å²) in [7, 11) is 2.16. The SMILES string of the molecule is Cc1ccc(-c2ccn(-c3ccc4c(c3)N(C)C3CNCCC43)c(=O)c2)cn1. The fourth-order valence-corrected chi connectivity index (χ4v) is 4.60. The van der Waals surface area contributed by atoms with Gasteiger partial charge < -0.3 is 10.2 Å². The van der Waals surface area contributed by atoms with E-state index in [1.807, 2.05) is 37.5 Å². The fourth-order valence-electron chi connectivity index (χ4n) is 4.60. The van der Waals surface area contributed by atoms with Crippen LogP contribution in [0.4, 0.5) is 5.69 Å². The number of fused-ring (bicyclic) bond motifs is 3. The van der Waals surface area contributed by atoms with E-state index in [4.69, 9.17) is 0 Å². The maximum absolute atomic E-state index is 12.8. The maximum Gasteiger partial charge on any atom is 0.255 e. The number of nitrogens with one attached hydrogen (secondary N) is 1. The predicted molar refractivity (Wildman–Crippen MR) is 112 cm³/mol. The van der Waals surface area contributed by atoms with Crippen molar-refractivity contribution in [2.24, 2.45) is 0 Å². The number of likely N-dealkylation sites (N-methyl/N-ethyl adjacent to an activating group) is 1. The highest BCUT2D eigenvalue weighted by molar-refractivity contribution is 5.66. The van der Waals surface area contributed by atoms with E-state index in [0.29, 0.717) is 12.0 Å². The second-order valence-electron chi connectivity index (χ2n) is 7.83. The summed E-state index contributed by atoms with van der Waals surface area (Å²) in [6.45, 7) is 4.05. The van der Waals surface area contributed by atoms with Crippen LogP contribution in [0.2, 0.25) is 0 Å². The van der Waals surface area contributed by atoms with Gasteiger partial charge in [-0.2, -0.15) is 0 Å². The molecular weight excluding hydrogens is 348 g/mol. The summed E-state index contributed by atoms with van der Waals surface area (Å²) in [6.07, 6.45) is 4.85. The van der Waals surface area contributed by atoms with Gasteiger partial charge in [-0.25, -0.2) is 0 Å². The smallest absolute Gasteiger partial charge is 0.255 e. The Morgan fingerprint density at radius 1 is 1.11 bits per heavy atom. The van der Waals surface area contributed by atoms with Crippen LogP contribution in [0.3, 0.4) is 0 Å². The minimum Gasteiger partial charge on any atom is -0.369 e. The summed E-state index contributed by atoms with van der Waals surface area (Å²) in [5, 5.41) is 3.50. The molecule has 2 atom stereocenters. The molecule has 3 aromatic rings. The Hall–Kier alpha value is -2.92. The molecule has 2 unspecified atom stereocenters. The van der Waals surface area contributed by atoms with E-state index in [9.17, 15) is 4.79 Å². The number of aryl methyl sites for hydroxylation is 1. The van der Waals surface area contributed by atoms with Gasteiger partial charge in [-0.15, -0.1) is 0 Å². The Kier molecular flexibility index (Phi) is 4.05. The third kappa shape index (κ3) is 2.74. The number of anilines is 1. The summed E-state index contributed by atoms with van der Waals surface area (Å²) >= 11 is 0. The van der Waals surface area contributed by atoms with E-state index in [2.05, 4.69) is 40.4 Å². The van der Waals surface area contributed by atoms with Crippen LogP contribution in [0.5, 0.6) is 0 Å². The lowest BCUT2D eigenvalue weighted by molar-refractivity contribution is 0.413. The van der Waals surface area contributed by atoms with Gasteiger partial charge in [0.15, 0.2) is 0 Å². The second kappa shape index (κ2) is 6.60. The number of nitrogens with zero attached hydrogens (tertiary/aromatic N) is 3. The number of benzene rings is 1. The average Bonchev–Trinajstić information content (AvgIpc) is 3.01. The molecule has 5 nitrogen and oxygen atoms in total. The van der Waals surface area contributed by atoms with Crippen molar-refractivity contribution in [3.05, 3.63) is 76.5 Å². The minimum atomic E-state index is -0.0299. The third-order valence-corrected chi connectivity index (χ3v) is 6.18. The third-order valence-electron chi connectivity index (χ3n) is 6.18. The fraction of sp³-hybridized carbons (Fsp3) is 0.304. The van der Waals surface area contributed by atoms with Crippen LogP contribution in [-0.2, 0) is 0 Å². The van der Waals surface area contributed by atoms with E-state index in [0.717, 1.165) is 35.6 Å². The molecule has 1 aromatic carbocycles. The molecule has 5 rings (SSSR count). The summed E-state index contributed by atoms with van der Waals surface area (Å²) in [5.41, 5.74) is 6.36. The molecular formula is C23H24N4O. The topological polar surface area (TPSA) is 50.2 Å². The van der Waals surface area contributed by atoms with Gasteiger partial charge in [-0.05, 0) is 55.3 Å². The van der Waals surface area contributed by atoms with Gasteiger partial charge in [-0.3, -0.25) is 14.3 Å². The van der Waals surface area contributed by atoms with Crippen molar-refractivity contribution in [2.45, 2.75) is 25.3 Å². The molecule has 1 saturated heterocycles. The summed E-state index contributed by atoms with van der Waals surface area (Å²) in [5.74, 6) is 0.587. The Bertz CT molecular complexity index is 1090. The monoisotopic (exact) mass is 372 g/mol. The number of piperidine rings is 1. The highest BCUT2D eigenvalue weighted by atomic mass is 16.1. The zero-order valence-electron chi connectivity index (χ0n) is 16.2. The standard InChI is InChI=1S/C23H24N4O/c1-15-3-4-17(13-25-15)16-8-10-27(23(28)11-16)18-5-6-19-20-7-9-24-14-22(20)26(2)21(19)12-18/h3-6,8,10-13,20,22,24H,7,9,14H2,1-2H3. The van der Waals surface area contributed by atoms with Gasteiger partial charge in [-0.1, -0.05) is 12.1 Å². The molecule has 0 saturated carbocycles. The predicted octanol–water partition coefficient (Wildman–Crippen LogP) is 3.10. The molecule has 4 heterocycles. The number of pyridine rings is 2. The number of aromatic nitrogens is 2. The zero-order valence-corrected chi connectivity index (χ0v) is 16.2. The van der Waals surface area contributed by atoms with Crippen LogP contribution >= 0.6 is 0 Å². The first kappa shape index (κ1) is 17.2. The first-order valence-corrected chi connectivity index (χ1v) is 9.85. The molecule has 0 bridgehead atoms. The van der Waals surface area contributed by atoms with Crippen molar-refractivity contribution >= 4 is 5.69 Å². The molecule has 0 radical (unpaired) electrons. The average molecular weight is 372 g/mol. The van der Waals surface area contributed by atoms with Crippen molar-refractivity contribution < 1.29 is 0 Å². The van der Waals surface area contributed by atoms with Gasteiger partial charge >= 0.3 is 0 Å². The van der Waals surface area contributed by atoms with Crippen LogP contribution in [0.1, 0.15) is 23.6 Å². The van der Waals surface area contributed by atoms with E-state index in [1.54, 1.807) is 10.6 Å². The Morgan fingerprint density at radius 3 is 2.79 bits per heavy atom. The van der Waals surface area contributed by atoms with Crippen molar-refractivity contribution in [3.63, 3.8) is 0 Å². The molecule has 2 aromatic heterocycles. The van der Waals surface area contributed by atoms with Gasteiger partial charge in [0.1, 0.15) is 0 Å². The van der Waals surface area contributed by atoms with Crippen LogP contribution in [0.15, 0.2) is 59.7 Å². The summed E-state index contributed by atoms with van der Waals surface area (Å²) in [4.78, 5) is 19.5. The van der Waals surface area contributed by atoms with Crippen LogP contribution in [0.25, 0.3) is 16.8 Å². The Labute approximate surface area is 164 Å². The molecule has 0 amide bonds. The van der Waals surface area contributed by atoms with Gasteiger partial charge in [0.2, 0.25) is 0 Å². The number of rotatable bonds is 2. The zero-order chi connectivity index (χ0) is 19.3. The van der Waals surface area contributed by atoms with Crippen molar-refractivity contribution in [3.8, 4) is 16.8 Å². The first-order chi connectivity index (χ1) is 13.6. The van der Waals surface area contributed by atoms with Crippen molar-refractivity contribution in [1.82, 2.24) is 14.9 Å². The van der Waals surface area contributed by atoms with Gasteiger partial charge in [0.25, 0.3) is 5.56 Å². The molecule has 142 valence electrons. The van der Waals surface area contributed by atoms with E-state index in [-0.39, 0.29) is 5.56 Å². The van der Waals surface area contributed by atoms with E-state index in [1.165, 1.54) is 17.7 Å². The quantitative estimate of drug-likeness (QED) is 0.751. The highest BCUT2D eigenvalue weighted by Gasteiger charge is 2.37. The highest BCUT2D eigenvalue weighted by Crippen LogP contribution is 2.43. The lowest BCUT2D eigenvalue weighted by Crippen LogP contribution is -2.44. The second-order valence-corrected chi connectivity index (χ2v) is 7.83. The molecule has 0 aliphatic carbocycles. The first-order valence-electron chi connectivity index (χ1n) is 9.85. The van der Waals surface area contributed by atoms with E-state index >= 15 is 0 Å². The number of hydrogen-bond donors (Lipinski definition) is 1. The molecule has 5 heteroatoms. The maximum atomic E-state index is 12.8. The molecule has 2 aliphatic rings. The van der Waals surface area contributed by atoms with Crippen LogP contribution in [0, 0.1) is 6.92 Å². The van der Waals surface area contributed by atoms with Gasteiger partial charge in [0.05, 0.1) is 5.69 Å². The van der Waals surface area contributed by atoms with Crippen molar-refractivity contribution in [1.29, 1.82) is 0 Å². The Morgan fingerprint density at radius 2 is 2.00 bits per heavy atom. The largest absolute Gasteiger partial charge is 0.369 e. The minimum absolute atomic E-state index is 0.0299. The van der Waals surface area contributed by atoms with Crippen molar-refractivity contribution in [2.75, 3.05) is 25.0 Å². The Balaban J connectivity index is 1.51. The van der Waals surface area contributed by atoms with Crippen LogP contribution in [-0.4, -0.2) is 35.7 Å². The molecule has 2 aliphatic heterocycles. The summed E-state index contributed by atoms with van der Waals surface area (Å²) < 4.78 is 1.72. The van der Waals surface area contributed by atoms with Gasteiger partial charge in [0, 0.05) is 61.0 Å². The lowest BCUT2D eigenvalue weighted by Gasteiger charge is -2.31. The van der Waals surface area contributed by atoms with Crippen LogP contribution < -0.4 is 15.8 Å². The number of hydrogen-bond acceptors (Lipinski definition) is 4. The molecule has 28 heavy (non-hydrogen) atoms.